The minimum atomic E-state index is -4.58. The summed E-state index contributed by atoms with van der Waals surface area (Å²) >= 11 is 0. The van der Waals surface area contributed by atoms with Crippen molar-refractivity contribution >= 4 is 12.1 Å². The topological polar surface area (TPSA) is 102 Å². The fourth-order valence-corrected chi connectivity index (χ4v) is 1.79. The van der Waals surface area contributed by atoms with Crippen molar-refractivity contribution in [3.8, 4) is 17.2 Å². The monoisotopic (exact) mass is 340 g/mol. The number of halogens is 3. The van der Waals surface area contributed by atoms with Gasteiger partial charge >= 0.3 is 6.18 Å². The third-order valence-corrected chi connectivity index (χ3v) is 2.93. The van der Waals surface area contributed by atoms with Gasteiger partial charge in [0.05, 0.1) is 11.8 Å². The molecule has 0 aliphatic carbocycles. The number of alkyl halides is 3. The first kappa shape index (κ1) is 17.1. The lowest BCUT2D eigenvalue weighted by Gasteiger charge is -2.07. The van der Waals surface area contributed by atoms with Gasteiger partial charge in [0.2, 0.25) is 0 Å². The Balaban J connectivity index is 2.14. The molecule has 0 saturated heterocycles. The van der Waals surface area contributed by atoms with Gasteiger partial charge in [-0.15, -0.1) is 0 Å². The van der Waals surface area contributed by atoms with Crippen molar-refractivity contribution in [2.24, 2.45) is 5.10 Å². The zero-order valence-corrected chi connectivity index (χ0v) is 11.9. The Labute approximate surface area is 133 Å². The number of hydrogen-bond acceptors (Lipinski definition) is 5. The van der Waals surface area contributed by atoms with Crippen LogP contribution in [0.1, 0.15) is 21.5 Å². The van der Waals surface area contributed by atoms with Crippen molar-refractivity contribution < 1.29 is 33.3 Å². The van der Waals surface area contributed by atoms with E-state index in [0.717, 1.165) is 30.5 Å². The Morgan fingerprint density at radius 2 is 1.83 bits per heavy atom. The highest BCUT2D eigenvalue weighted by Gasteiger charge is 2.30. The molecule has 0 bridgehead atoms. The van der Waals surface area contributed by atoms with Crippen LogP contribution in [0.15, 0.2) is 41.5 Å². The number of phenolic OH excluding ortho intramolecular Hbond substituents is 3. The van der Waals surface area contributed by atoms with Crippen molar-refractivity contribution in [3.63, 3.8) is 0 Å². The summed E-state index contributed by atoms with van der Waals surface area (Å²) in [4.78, 5) is 11.8. The van der Waals surface area contributed by atoms with E-state index in [2.05, 4.69) is 5.10 Å². The zero-order chi connectivity index (χ0) is 17.9. The molecule has 0 fully saturated rings. The molecule has 0 unspecified atom stereocenters. The van der Waals surface area contributed by atoms with Gasteiger partial charge in [0.15, 0.2) is 11.5 Å². The van der Waals surface area contributed by atoms with E-state index in [1.165, 1.54) is 6.07 Å². The van der Waals surface area contributed by atoms with Crippen molar-refractivity contribution in [1.29, 1.82) is 0 Å². The molecule has 9 heteroatoms. The van der Waals surface area contributed by atoms with Crippen molar-refractivity contribution in [2.45, 2.75) is 6.18 Å². The maximum atomic E-state index is 12.6. The second kappa shape index (κ2) is 6.49. The number of aromatic hydroxyl groups is 3. The first-order chi connectivity index (χ1) is 11.2. The van der Waals surface area contributed by atoms with Gasteiger partial charge in [-0.3, -0.25) is 4.79 Å². The number of carbonyl (C=O) groups excluding carboxylic acids is 1. The molecule has 2 aromatic rings. The molecular formula is C15H11F3N2O4. The Bertz CT molecular complexity index is 804. The van der Waals surface area contributed by atoms with Crippen LogP contribution >= 0.6 is 0 Å². The van der Waals surface area contributed by atoms with Gasteiger partial charge in [0.25, 0.3) is 5.91 Å². The van der Waals surface area contributed by atoms with Crippen molar-refractivity contribution in [1.82, 2.24) is 5.43 Å². The van der Waals surface area contributed by atoms with Crippen molar-refractivity contribution in [3.05, 3.63) is 53.1 Å². The number of hydrazone groups is 1. The summed E-state index contributed by atoms with van der Waals surface area (Å²) in [6.45, 7) is 0. The number of benzene rings is 2. The summed E-state index contributed by atoms with van der Waals surface area (Å²) in [7, 11) is 0. The van der Waals surface area contributed by atoms with E-state index < -0.39 is 29.1 Å². The summed E-state index contributed by atoms with van der Waals surface area (Å²) in [6, 6.07) is 5.72. The molecule has 0 aliphatic heterocycles. The van der Waals surface area contributed by atoms with E-state index >= 15 is 0 Å². The highest BCUT2D eigenvalue weighted by Crippen LogP contribution is 2.32. The summed E-state index contributed by atoms with van der Waals surface area (Å²) < 4.78 is 37.8. The molecule has 4 N–H and O–H groups in total. The van der Waals surface area contributed by atoms with Gasteiger partial charge in [-0.2, -0.15) is 18.3 Å². The Kier molecular flexibility index (Phi) is 4.63. The van der Waals surface area contributed by atoms with Crippen LogP contribution in [0.25, 0.3) is 0 Å². The number of amides is 1. The Morgan fingerprint density at radius 1 is 1.12 bits per heavy atom. The summed E-state index contributed by atoms with van der Waals surface area (Å²) in [5.41, 5.74) is 0.644. The standard InChI is InChI=1S/C15H11F3N2O4/c16-15(17,18)10-3-1-2-8(4-10)14(24)20-19-7-9-5-11(21)6-12(22)13(9)23/h1-7,21-23H,(H,20,24). The van der Waals surface area contributed by atoms with E-state index in [1.54, 1.807) is 0 Å². The first-order valence-corrected chi connectivity index (χ1v) is 6.44. The summed E-state index contributed by atoms with van der Waals surface area (Å²) in [5.74, 6) is -2.43. The van der Waals surface area contributed by atoms with Crippen LogP contribution in [0.2, 0.25) is 0 Å². The van der Waals surface area contributed by atoms with E-state index in [1.807, 2.05) is 5.43 Å². The van der Waals surface area contributed by atoms with Crippen LogP contribution in [0.4, 0.5) is 13.2 Å². The lowest BCUT2D eigenvalue weighted by molar-refractivity contribution is -0.137. The van der Waals surface area contributed by atoms with E-state index in [4.69, 9.17) is 0 Å². The minimum absolute atomic E-state index is 0.100. The van der Waals surface area contributed by atoms with Gasteiger partial charge in [-0.1, -0.05) is 6.07 Å². The van der Waals surface area contributed by atoms with Gasteiger partial charge < -0.3 is 15.3 Å². The van der Waals surface area contributed by atoms with Gasteiger partial charge in [0, 0.05) is 17.2 Å². The van der Waals surface area contributed by atoms with Crippen molar-refractivity contribution in [2.75, 3.05) is 0 Å². The SMILES string of the molecule is O=C(NN=Cc1cc(O)cc(O)c1O)c1cccc(C(F)(F)F)c1. The fourth-order valence-electron chi connectivity index (χ4n) is 1.79. The van der Waals surface area contributed by atoms with Gasteiger partial charge in [-0.25, -0.2) is 5.43 Å². The van der Waals surface area contributed by atoms with Gasteiger partial charge in [-0.05, 0) is 24.3 Å². The lowest BCUT2D eigenvalue weighted by atomic mass is 10.1. The molecule has 0 spiro atoms. The van der Waals surface area contributed by atoms with Crippen LogP contribution in [-0.4, -0.2) is 27.4 Å². The largest absolute Gasteiger partial charge is 0.508 e. The number of carbonyl (C=O) groups is 1. The summed E-state index contributed by atoms with van der Waals surface area (Å²) in [6.07, 6.45) is -3.66. The Morgan fingerprint density at radius 3 is 2.50 bits per heavy atom. The smallest absolute Gasteiger partial charge is 0.416 e. The molecule has 0 aliphatic rings. The van der Waals surface area contributed by atoms with E-state index in [0.29, 0.717) is 6.07 Å². The third-order valence-electron chi connectivity index (χ3n) is 2.93. The summed E-state index contributed by atoms with van der Waals surface area (Å²) in [5, 5.41) is 31.6. The molecular weight excluding hydrogens is 329 g/mol. The number of rotatable bonds is 3. The maximum absolute atomic E-state index is 12.6. The molecule has 126 valence electrons. The quantitative estimate of drug-likeness (QED) is 0.298. The van der Waals surface area contributed by atoms with Crippen LogP contribution in [0.3, 0.4) is 0 Å². The molecule has 0 saturated carbocycles. The first-order valence-electron chi connectivity index (χ1n) is 6.44. The van der Waals surface area contributed by atoms with Crippen LogP contribution < -0.4 is 5.43 Å². The van der Waals surface area contributed by atoms with Crippen LogP contribution in [-0.2, 0) is 6.18 Å². The molecule has 0 aromatic heterocycles. The highest BCUT2D eigenvalue weighted by atomic mass is 19.4. The number of phenols is 3. The Hall–Kier alpha value is -3.23. The van der Waals surface area contributed by atoms with Gasteiger partial charge in [0.1, 0.15) is 5.75 Å². The third kappa shape index (κ3) is 3.94. The average Bonchev–Trinajstić information content (AvgIpc) is 2.51. The predicted molar refractivity (Wildman–Crippen MR) is 77.9 cm³/mol. The lowest BCUT2D eigenvalue weighted by Crippen LogP contribution is -2.18. The predicted octanol–water partition coefficient (Wildman–Crippen LogP) is 2.59. The van der Waals surface area contributed by atoms with Crippen LogP contribution in [0.5, 0.6) is 17.2 Å². The molecule has 2 aromatic carbocycles. The maximum Gasteiger partial charge on any atom is 0.416 e. The molecule has 24 heavy (non-hydrogen) atoms. The highest BCUT2D eigenvalue weighted by molar-refractivity contribution is 5.95. The second-order valence-corrected chi connectivity index (χ2v) is 4.68. The fraction of sp³-hybridized carbons (Fsp3) is 0.0667. The molecule has 0 heterocycles. The average molecular weight is 340 g/mol. The second-order valence-electron chi connectivity index (χ2n) is 4.68. The zero-order valence-electron chi connectivity index (χ0n) is 11.9. The number of nitrogens with zero attached hydrogens (tertiary/aromatic N) is 1. The number of hydrogen-bond donors (Lipinski definition) is 4. The van der Waals surface area contributed by atoms with E-state index in [9.17, 15) is 33.3 Å². The molecule has 1 amide bonds. The molecule has 6 nitrogen and oxygen atoms in total. The number of nitrogens with one attached hydrogen (secondary N) is 1. The minimum Gasteiger partial charge on any atom is -0.508 e. The van der Waals surface area contributed by atoms with Crippen LogP contribution in [0, 0.1) is 0 Å². The molecule has 2 rings (SSSR count). The van der Waals surface area contributed by atoms with E-state index in [-0.39, 0.29) is 16.9 Å². The molecule has 0 radical (unpaired) electrons. The normalized spacial score (nSPS) is 11.6. The molecule has 0 atom stereocenters.